The number of anilines is 1. The Bertz CT molecular complexity index is 1250. The average molecular weight is 622 g/mol. The molecule has 7 heteroatoms. The fraction of sp³-hybridized carbons (Fsp3) is 0.120. The van der Waals surface area contributed by atoms with Gasteiger partial charge in [0.2, 0.25) is 0 Å². The van der Waals surface area contributed by atoms with Crippen LogP contribution in [0.4, 0.5) is 5.69 Å². The summed E-state index contributed by atoms with van der Waals surface area (Å²) in [6.45, 7) is 1.88. The number of nitrogens with one attached hydrogen (secondary N) is 1. The second-order valence-corrected chi connectivity index (χ2v) is 9.46. The highest BCUT2D eigenvalue weighted by Crippen LogP contribution is 2.31. The molecular weight excluding hydrogens is 603 g/mol. The molecule has 0 aliphatic heterocycles. The van der Waals surface area contributed by atoms with Crippen LogP contribution >= 0.6 is 50.1 Å². The Morgan fingerprint density at radius 3 is 2.66 bits per heavy atom. The minimum atomic E-state index is -0.501. The van der Waals surface area contributed by atoms with Crippen molar-refractivity contribution in [1.82, 2.24) is 0 Å². The summed E-state index contributed by atoms with van der Waals surface area (Å²) in [6.07, 6.45) is 2.24. The zero-order chi connectivity index (χ0) is 23.3. The zero-order valence-electron chi connectivity index (χ0n) is 17.4. The standard InChI is InChI=1S/C25H19BrClIN2O2/c1-15-7-8-19(13-22(15)27)30-25(31)18(14-29)9-16-10-23(28)20(24(11-16)32-2)12-17-5-3-4-6-21(17)26/h3-11,13H,12H2,1-2H3,(H,30,31)/b18-9+. The van der Waals surface area contributed by atoms with Gasteiger partial charge in [0.15, 0.2) is 0 Å². The van der Waals surface area contributed by atoms with E-state index in [1.807, 2.05) is 49.4 Å². The summed E-state index contributed by atoms with van der Waals surface area (Å²) < 4.78 is 7.63. The number of aryl methyl sites for hydroxylation is 1. The molecule has 0 aliphatic carbocycles. The Morgan fingerprint density at radius 1 is 1.25 bits per heavy atom. The lowest BCUT2D eigenvalue weighted by Gasteiger charge is -2.13. The van der Waals surface area contributed by atoms with Gasteiger partial charge in [0.05, 0.1) is 7.11 Å². The third-order valence-corrected chi connectivity index (χ3v) is 6.97. The number of hydrogen-bond donors (Lipinski definition) is 1. The lowest BCUT2D eigenvalue weighted by molar-refractivity contribution is -0.112. The van der Waals surface area contributed by atoms with Crippen molar-refractivity contribution in [1.29, 1.82) is 5.26 Å². The topological polar surface area (TPSA) is 62.1 Å². The second kappa shape index (κ2) is 11.0. The van der Waals surface area contributed by atoms with Crippen molar-refractivity contribution >= 4 is 67.8 Å². The molecule has 3 aromatic rings. The first-order chi connectivity index (χ1) is 15.3. The highest BCUT2D eigenvalue weighted by atomic mass is 127. The van der Waals surface area contributed by atoms with Gasteiger partial charge < -0.3 is 10.1 Å². The number of halogens is 3. The summed E-state index contributed by atoms with van der Waals surface area (Å²) in [7, 11) is 1.61. The van der Waals surface area contributed by atoms with Crippen molar-refractivity contribution in [2.75, 3.05) is 12.4 Å². The number of rotatable bonds is 6. The molecule has 0 aromatic heterocycles. The third kappa shape index (κ3) is 5.91. The maximum absolute atomic E-state index is 12.6. The Hall–Kier alpha value is -2.34. The van der Waals surface area contributed by atoms with Crippen LogP contribution in [0.25, 0.3) is 6.08 Å². The van der Waals surface area contributed by atoms with Gasteiger partial charge in [-0.05, 0) is 82.6 Å². The second-order valence-electron chi connectivity index (χ2n) is 7.04. The normalized spacial score (nSPS) is 11.1. The molecule has 0 saturated heterocycles. The van der Waals surface area contributed by atoms with Crippen LogP contribution in [0.1, 0.15) is 22.3 Å². The SMILES string of the molecule is COc1cc(/C=C(\C#N)C(=O)Nc2ccc(C)c(Cl)c2)cc(I)c1Cc1ccccc1Br. The number of hydrogen-bond acceptors (Lipinski definition) is 3. The number of carbonyl (C=O) groups is 1. The Balaban J connectivity index is 1.89. The van der Waals surface area contributed by atoms with Gasteiger partial charge >= 0.3 is 0 Å². The van der Waals surface area contributed by atoms with E-state index >= 15 is 0 Å². The van der Waals surface area contributed by atoms with Crippen molar-refractivity contribution in [2.45, 2.75) is 13.3 Å². The Kier molecular flexibility index (Phi) is 8.35. The molecule has 3 rings (SSSR count). The van der Waals surface area contributed by atoms with Gasteiger partial charge in [-0.1, -0.05) is 51.8 Å². The fourth-order valence-corrected chi connectivity index (χ4v) is 4.51. The van der Waals surface area contributed by atoms with Gasteiger partial charge in [-0.2, -0.15) is 5.26 Å². The molecule has 0 saturated carbocycles. The van der Waals surface area contributed by atoms with Crippen LogP contribution in [0.5, 0.6) is 5.75 Å². The lowest BCUT2D eigenvalue weighted by atomic mass is 10.0. The lowest BCUT2D eigenvalue weighted by Crippen LogP contribution is -2.13. The summed E-state index contributed by atoms with van der Waals surface area (Å²) in [5, 5.41) is 12.8. The summed E-state index contributed by atoms with van der Waals surface area (Å²) in [5.41, 5.74) is 4.30. The molecule has 32 heavy (non-hydrogen) atoms. The largest absolute Gasteiger partial charge is 0.496 e. The number of nitrogens with zero attached hydrogens (tertiary/aromatic N) is 1. The summed E-state index contributed by atoms with van der Waals surface area (Å²) >= 11 is 12.0. The van der Waals surface area contributed by atoms with E-state index in [9.17, 15) is 10.1 Å². The summed E-state index contributed by atoms with van der Waals surface area (Å²) in [4.78, 5) is 12.6. The molecule has 0 unspecified atom stereocenters. The van der Waals surface area contributed by atoms with Crippen molar-refractivity contribution in [3.05, 3.63) is 95.5 Å². The molecule has 0 fully saturated rings. The van der Waals surface area contributed by atoms with Crippen molar-refractivity contribution in [3.63, 3.8) is 0 Å². The summed E-state index contributed by atoms with van der Waals surface area (Å²) in [5.74, 6) is 0.195. The number of amides is 1. The van der Waals surface area contributed by atoms with Gasteiger partial charge in [0, 0.05) is 30.7 Å². The predicted molar refractivity (Wildman–Crippen MR) is 141 cm³/mol. The van der Waals surface area contributed by atoms with E-state index in [-0.39, 0.29) is 5.57 Å². The molecule has 3 aromatic carbocycles. The van der Waals surface area contributed by atoms with E-state index < -0.39 is 5.91 Å². The zero-order valence-corrected chi connectivity index (χ0v) is 21.9. The molecule has 0 heterocycles. The van der Waals surface area contributed by atoms with Gasteiger partial charge in [-0.25, -0.2) is 0 Å². The average Bonchev–Trinajstić information content (AvgIpc) is 2.77. The van der Waals surface area contributed by atoms with Crippen molar-refractivity contribution in [2.24, 2.45) is 0 Å². The van der Waals surface area contributed by atoms with Crippen LogP contribution in [-0.4, -0.2) is 13.0 Å². The smallest absolute Gasteiger partial charge is 0.266 e. The number of nitriles is 1. The third-order valence-electron chi connectivity index (χ3n) is 4.83. The molecule has 1 amide bonds. The van der Waals surface area contributed by atoms with Crippen LogP contribution in [0, 0.1) is 21.8 Å². The number of benzene rings is 3. The Morgan fingerprint density at radius 2 is 2.00 bits per heavy atom. The monoisotopic (exact) mass is 620 g/mol. The van der Waals surface area contributed by atoms with Gasteiger partial charge in [-0.15, -0.1) is 0 Å². The van der Waals surface area contributed by atoms with E-state index in [1.165, 1.54) is 0 Å². The molecule has 1 N–H and O–H groups in total. The number of carbonyl (C=O) groups excluding carboxylic acids is 1. The van der Waals surface area contributed by atoms with Gasteiger partial charge in [-0.3, -0.25) is 4.79 Å². The van der Waals surface area contributed by atoms with Crippen LogP contribution < -0.4 is 10.1 Å². The van der Waals surface area contributed by atoms with E-state index in [0.717, 1.165) is 24.7 Å². The highest BCUT2D eigenvalue weighted by molar-refractivity contribution is 14.1. The van der Waals surface area contributed by atoms with Crippen LogP contribution in [0.3, 0.4) is 0 Å². The maximum Gasteiger partial charge on any atom is 0.266 e. The molecule has 0 radical (unpaired) electrons. The van der Waals surface area contributed by atoms with Gasteiger partial charge in [0.1, 0.15) is 17.4 Å². The molecule has 0 bridgehead atoms. The molecule has 162 valence electrons. The van der Waals surface area contributed by atoms with E-state index in [0.29, 0.717) is 28.4 Å². The minimum Gasteiger partial charge on any atom is -0.496 e. The molecule has 4 nitrogen and oxygen atoms in total. The predicted octanol–water partition coefficient (Wildman–Crippen LogP) is 7.16. The van der Waals surface area contributed by atoms with Crippen LogP contribution in [0.2, 0.25) is 5.02 Å². The van der Waals surface area contributed by atoms with Crippen molar-refractivity contribution in [3.8, 4) is 11.8 Å². The first-order valence-corrected chi connectivity index (χ1v) is 11.9. The molecule has 0 atom stereocenters. The Labute approximate surface area is 214 Å². The maximum atomic E-state index is 12.6. The van der Waals surface area contributed by atoms with E-state index in [2.05, 4.69) is 49.9 Å². The molecular formula is C25H19BrClIN2O2. The quantitative estimate of drug-likeness (QED) is 0.181. The van der Waals surface area contributed by atoms with Crippen LogP contribution in [0.15, 0.2) is 64.6 Å². The first kappa shape index (κ1) is 24.3. The highest BCUT2D eigenvalue weighted by Gasteiger charge is 2.14. The fourth-order valence-electron chi connectivity index (χ4n) is 3.08. The van der Waals surface area contributed by atoms with Crippen LogP contribution in [-0.2, 0) is 11.2 Å². The van der Waals surface area contributed by atoms with Crippen molar-refractivity contribution < 1.29 is 9.53 Å². The van der Waals surface area contributed by atoms with Gasteiger partial charge in [0.25, 0.3) is 5.91 Å². The molecule has 0 aliphatic rings. The van der Waals surface area contributed by atoms with E-state index in [1.54, 1.807) is 25.3 Å². The summed E-state index contributed by atoms with van der Waals surface area (Å²) in [6, 6.07) is 19.0. The minimum absolute atomic E-state index is 0.0156. The first-order valence-electron chi connectivity index (χ1n) is 9.61. The number of ether oxygens (including phenoxy) is 1. The van der Waals surface area contributed by atoms with E-state index in [4.69, 9.17) is 16.3 Å². The number of methoxy groups -OCH3 is 1. The molecule has 0 spiro atoms.